The molecule has 1 atom stereocenters. The van der Waals surface area contributed by atoms with Gasteiger partial charge in [0, 0.05) is 24.2 Å². The third kappa shape index (κ3) is 4.93. The molecule has 0 spiro atoms. The van der Waals surface area contributed by atoms with E-state index in [4.69, 9.17) is 4.74 Å². The number of ether oxygens (including phenoxy) is 1. The lowest BCUT2D eigenvalue weighted by molar-refractivity contribution is -0.384. The maximum absolute atomic E-state index is 12.4. The molecule has 7 nitrogen and oxygen atoms in total. The van der Waals surface area contributed by atoms with Gasteiger partial charge in [0.2, 0.25) is 0 Å². The van der Waals surface area contributed by atoms with Gasteiger partial charge in [-0.3, -0.25) is 14.9 Å². The standard InChI is InChI=1S/C21H18N2O5/c24-20(15-9-11-17(12-10-15)23(26)27)14-22-21(25)16-5-4-8-19(13-16)28-18-6-2-1-3-7-18/h1-13,20,24H,14H2,(H,22,25)/t20-/m1/s1. The number of aliphatic hydroxyl groups excluding tert-OH is 1. The van der Waals surface area contributed by atoms with Gasteiger partial charge in [0.25, 0.3) is 11.6 Å². The van der Waals surface area contributed by atoms with E-state index in [-0.39, 0.29) is 18.1 Å². The number of para-hydroxylation sites is 1. The second-order valence-electron chi connectivity index (χ2n) is 6.02. The van der Waals surface area contributed by atoms with Crippen molar-refractivity contribution >= 4 is 11.6 Å². The quantitative estimate of drug-likeness (QED) is 0.480. The van der Waals surface area contributed by atoms with Crippen LogP contribution in [0.25, 0.3) is 0 Å². The Kier molecular flexibility index (Phi) is 5.98. The Labute approximate surface area is 161 Å². The van der Waals surface area contributed by atoms with Crippen molar-refractivity contribution < 1.29 is 19.6 Å². The third-order valence-corrected chi connectivity index (χ3v) is 4.02. The number of hydrogen-bond donors (Lipinski definition) is 2. The maximum Gasteiger partial charge on any atom is 0.269 e. The molecule has 28 heavy (non-hydrogen) atoms. The van der Waals surface area contributed by atoms with Gasteiger partial charge in [-0.1, -0.05) is 24.3 Å². The molecule has 0 aliphatic rings. The lowest BCUT2D eigenvalue weighted by Crippen LogP contribution is -2.28. The van der Waals surface area contributed by atoms with E-state index in [0.29, 0.717) is 22.6 Å². The highest BCUT2D eigenvalue weighted by Crippen LogP contribution is 2.22. The highest BCUT2D eigenvalue weighted by molar-refractivity contribution is 5.94. The molecule has 1 amide bonds. The van der Waals surface area contributed by atoms with Gasteiger partial charge < -0.3 is 15.2 Å². The van der Waals surface area contributed by atoms with E-state index in [9.17, 15) is 20.0 Å². The van der Waals surface area contributed by atoms with Crippen LogP contribution in [0.5, 0.6) is 11.5 Å². The van der Waals surface area contributed by atoms with Crippen molar-refractivity contribution in [3.8, 4) is 11.5 Å². The summed E-state index contributed by atoms with van der Waals surface area (Å²) >= 11 is 0. The number of nitro groups is 1. The van der Waals surface area contributed by atoms with Crippen molar-refractivity contribution in [2.45, 2.75) is 6.10 Å². The van der Waals surface area contributed by atoms with E-state index >= 15 is 0 Å². The van der Waals surface area contributed by atoms with Gasteiger partial charge in [-0.15, -0.1) is 0 Å². The Morgan fingerprint density at radius 3 is 2.36 bits per heavy atom. The zero-order chi connectivity index (χ0) is 19.9. The van der Waals surface area contributed by atoms with Crippen molar-refractivity contribution in [1.29, 1.82) is 0 Å². The van der Waals surface area contributed by atoms with Gasteiger partial charge in [-0.2, -0.15) is 0 Å². The van der Waals surface area contributed by atoms with E-state index in [1.165, 1.54) is 24.3 Å². The zero-order valence-corrected chi connectivity index (χ0v) is 14.8. The van der Waals surface area contributed by atoms with Crippen molar-refractivity contribution in [3.63, 3.8) is 0 Å². The summed E-state index contributed by atoms with van der Waals surface area (Å²) in [6.07, 6.45) is -0.978. The Hall–Kier alpha value is -3.71. The summed E-state index contributed by atoms with van der Waals surface area (Å²) in [6.45, 7) is -0.0274. The van der Waals surface area contributed by atoms with Crippen LogP contribution in [0.2, 0.25) is 0 Å². The van der Waals surface area contributed by atoms with Gasteiger partial charge >= 0.3 is 0 Å². The number of aliphatic hydroxyl groups is 1. The molecule has 7 heteroatoms. The molecule has 0 fully saturated rings. The predicted molar refractivity (Wildman–Crippen MR) is 103 cm³/mol. The minimum Gasteiger partial charge on any atom is -0.457 e. The first-order chi connectivity index (χ1) is 13.5. The summed E-state index contributed by atoms with van der Waals surface area (Å²) in [5.74, 6) is 0.822. The van der Waals surface area contributed by atoms with E-state index < -0.39 is 11.0 Å². The molecule has 0 radical (unpaired) electrons. The minimum absolute atomic E-state index is 0.0274. The smallest absolute Gasteiger partial charge is 0.269 e. The average molecular weight is 378 g/mol. The number of non-ortho nitro benzene ring substituents is 1. The molecular formula is C21H18N2O5. The van der Waals surface area contributed by atoms with Crippen molar-refractivity contribution in [3.05, 3.63) is 100 Å². The third-order valence-electron chi connectivity index (χ3n) is 4.02. The number of nitrogens with one attached hydrogen (secondary N) is 1. The fraction of sp³-hybridized carbons (Fsp3) is 0.0952. The van der Waals surface area contributed by atoms with Crippen LogP contribution in [-0.4, -0.2) is 22.5 Å². The van der Waals surface area contributed by atoms with E-state index in [1.54, 1.807) is 24.3 Å². The van der Waals surface area contributed by atoms with Crippen LogP contribution in [0, 0.1) is 10.1 Å². The Bertz CT molecular complexity index is 958. The number of amides is 1. The lowest BCUT2D eigenvalue weighted by atomic mass is 10.1. The molecular weight excluding hydrogens is 360 g/mol. The number of nitrogens with zero attached hydrogens (tertiary/aromatic N) is 1. The van der Waals surface area contributed by atoms with Crippen LogP contribution in [-0.2, 0) is 0 Å². The van der Waals surface area contributed by atoms with Gasteiger partial charge in [0.05, 0.1) is 11.0 Å². The monoisotopic (exact) mass is 378 g/mol. The van der Waals surface area contributed by atoms with E-state index in [0.717, 1.165) is 0 Å². The van der Waals surface area contributed by atoms with Gasteiger partial charge in [0.1, 0.15) is 11.5 Å². The summed E-state index contributed by atoms with van der Waals surface area (Å²) in [7, 11) is 0. The van der Waals surface area contributed by atoms with Crippen molar-refractivity contribution in [2.24, 2.45) is 0 Å². The van der Waals surface area contributed by atoms with E-state index in [2.05, 4.69) is 5.32 Å². The molecule has 0 heterocycles. The molecule has 0 aliphatic heterocycles. The molecule has 3 aromatic carbocycles. The van der Waals surface area contributed by atoms with Crippen molar-refractivity contribution in [1.82, 2.24) is 5.32 Å². The molecule has 142 valence electrons. The highest BCUT2D eigenvalue weighted by Gasteiger charge is 2.13. The van der Waals surface area contributed by atoms with Gasteiger partial charge in [-0.05, 0) is 48.0 Å². The molecule has 0 saturated heterocycles. The number of rotatable bonds is 7. The second-order valence-corrected chi connectivity index (χ2v) is 6.02. The molecule has 0 unspecified atom stereocenters. The molecule has 3 rings (SSSR count). The largest absolute Gasteiger partial charge is 0.457 e. The number of nitro benzene ring substituents is 1. The SMILES string of the molecule is O=C(NC[C@@H](O)c1ccc([N+](=O)[O-])cc1)c1cccc(Oc2ccccc2)c1. The maximum atomic E-state index is 12.4. The fourth-order valence-corrected chi connectivity index (χ4v) is 2.55. The fourth-order valence-electron chi connectivity index (χ4n) is 2.55. The molecule has 0 aliphatic carbocycles. The summed E-state index contributed by atoms with van der Waals surface area (Å²) in [4.78, 5) is 22.5. The van der Waals surface area contributed by atoms with Crippen LogP contribution in [0.15, 0.2) is 78.9 Å². The molecule has 2 N–H and O–H groups in total. The average Bonchev–Trinajstić information content (AvgIpc) is 2.72. The summed E-state index contributed by atoms with van der Waals surface area (Å²) in [5.41, 5.74) is 0.812. The minimum atomic E-state index is -0.978. The first kappa shape index (κ1) is 19.1. The van der Waals surface area contributed by atoms with Crippen molar-refractivity contribution in [2.75, 3.05) is 6.54 Å². The van der Waals surface area contributed by atoms with Crippen LogP contribution >= 0.6 is 0 Å². The number of carbonyl (C=O) groups excluding carboxylic acids is 1. The van der Waals surface area contributed by atoms with Crippen LogP contribution in [0.4, 0.5) is 5.69 Å². The normalized spacial score (nSPS) is 11.5. The van der Waals surface area contributed by atoms with Crippen LogP contribution < -0.4 is 10.1 Å². The second kappa shape index (κ2) is 8.79. The van der Waals surface area contributed by atoms with E-state index in [1.807, 2.05) is 30.3 Å². The number of benzene rings is 3. The first-order valence-electron chi connectivity index (χ1n) is 8.56. The summed E-state index contributed by atoms with van der Waals surface area (Å²) < 4.78 is 5.71. The number of hydrogen-bond acceptors (Lipinski definition) is 5. The first-order valence-corrected chi connectivity index (χ1v) is 8.56. The lowest BCUT2D eigenvalue weighted by Gasteiger charge is -2.13. The molecule has 0 aromatic heterocycles. The Morgan fingerprint density at radius 1 is 1.00 bits per heavy atom. The zero-order valence-electron chi connectivity index (χ0n) is 14.8. The summed E-state index contributed by atoms with van der Waals surface area (Å²) in [5, 5.41) is 23.5. The van der Waals surface area contributed by atoms with Gasteiger partial charge in [-0.25, -0.2) is 0 Å². The molecule has 0 bridgehead atoms. The Morgan fingerprint density at radius 2 is 1.68 bits per heavy atom. The topological polar surface area (TPSA) is 102 Å². The predicted octanol–water partition coefficient (Wildman–Crippen LogP) is 3.85. The molecule has 3 aromatic rings. The van der Waals surface area contributed by atoms with Crippen LogP contribution in [0.3, 0.4) is 0 Å². The Balaban J connectivity index is 1.60. The van der Waals surface area contributed by atoms with Gasteiger partial charge in [0.15, 0.2) is 0 Å². The summed E-state index contributed by atoms with van der Waals surface area (Å²) in [6, 6.07) is 21.5. The van der Waals surface area contributed by atoms with Crippen LogP contribution in [0.1, 0.15) is 22.0 Å². The molecule has 0 saturated carbocycles. The highest BCUT2D eigenvalue weighted by atomic mass is 16.6. The number of carbonyl (C=O) groups is 1.